The van der Waals surface area contributed by atoms with Crippen molar-refractivity contribution in [2.75, 3.05) is 39.3 Å². The molecule has 0 saturated heterocycles. The number of likely N-dealkylation sites (N-methyl/N-ethyl adjacent to an activating group) is 2. The molecule has 0 aromatic heterocycles. The SMILES string of the molecule is CCN(CC(=O)N(C)c1ccc(OC)cc1)S(=O)(=O)c1ccc(OC)c(Cl)c1. The average Bonchev–Trinajstić information content (AvgIpc) is 2.70. The largest absolute Gasteiger partial charge is 0.497 e. The number of rotatable bonds is 8. The van der Waals surface area contributed by atoms with E-state index in [1.807, 2.05) is 0 Å². The summed E-state index contributed by atoms with van der Waals surface area (Å²) in [4.78, 5) is 14.1. The van der Waals surface area contributed by atoms with Crippen molar-refractivity contribution in [3.63, 3.8) is 0 Å². The van der Waals surface area contributed by atoms with Crippen LogP contribution in [0, 0.1) is 0 Å². The molecule has 2 rings (SSSR count). The minimum atomic E-state index is -3.89. The van der Waals surface area contributed by atoms with E-state index in [4.69, 9.17) is 21.1 Å². The minimum absolute atomic E-state index is 0.0000468. The Morgan fingerprint density at radius 2 is 1.71 bits per heavy atom. The summed E-state index contributed by atoms with van der Waals surface area (Å²) in [6, 6.07) is 11.1. The van der Waals surface area contributed by atoms with Crippen LogP contribution in [0.1, 0.15) is 6.92 Å². The highest BCUT2D eigenvalue weighted by molar-refractivity contribution is 7.89. The predicted molar refractivity (Wildman–Crippen MR) is 109 cm³/mol. The van der Waals surface area contributed by atoms with E-state index in [2.05, 4.69) is 0 Å². The van der Waals surface area contributed by atoms with E-state index in [0.29, 0.717) is 17.2 Å². The van der Waals surface area contributed by atoms with E-state index in [1.54, 1.807) is 45.3 Å². The van der Waals surface area contributed by atoms with Crippen LogP contribution in [-0.2, 0) is 14.8 Å². The fourth-order valence-corrected chi connectivity index (χ4v) is 4.28. The maximum atomic E-state index is 12.9. The molecule has 2 aromatic rings. The topological polar surface area (TPSA) is 76.2 Å². The molecule has 0 heterocycles. The number of sulfonamides is 1. The second kappa shape index (κ2) is 9.27. The first-order valence-corrected chi connectivity index (χ1v) is 10.3. The number of ether oxygens (including phenoxy) is 2. The van der Waals surface area contributed by atoms with E-state index in [0.717, 1.165) is 4.31 Å². The number of nitrogens with zero attached hydrogens (tertiary/aromatic N) is 2. The van der Waals surface area contributed by atoms with Gasteiger partial charge in [0.05, 0.1) is 30.7 Å². The van der Waals surface area contributed by atoms with Gasteiger partial charge < -0.3 is 14.4 Å². The lowest BCUT2D eigenvalue weighted by Crippen LogP contribution is -2.41. The first-order valence-electron chi connectivity index (χ1n) is 8.48. The highest BCUT2D eigenvalue weighted by Crippen LogP contribution is 2.28. The normalized spacial score (nSPS) is 11.4. The first-order chi connectivity index (χ1) is 13.2. The summed E-state index contributed by atoms with van der Waals surface area (Å²) in [5, 5.41) is 0.182. The predicted octanol–water partition coefficient (Wildman–Crippen LogP) is 3.03. The third kappa shape index (κ3) is 4.76. The number of hydrogen-bond acceptors (Lipinski definition) is 5. The number of benzene rings is 2. The zero-order chi connectivity index (χ0) is 20.9. The van der Waals surface area contributed by atoms with Crippen molar-refractivity contribution >= 4 is 33.2 Å². The molecule has 9 heteroatoms. The van der Waals surface area contributed by atoms with Crippen LogP contribution < -0.4 is 14.4 Å². The van der Waals surface area contributed by atoms with E-state index >= 15 is 0 Å². The van der Waals surface area contributed by atoms with Crippen LogP contribution in [0.5, 0.6) is 11.5 Å². The molecule has 2 aromatic carbocycles. The molecule has 1 amide bonds. The molecule has 28 heavy (non-hydrogen) atoms. The molecule has 0 radical (unpaired) electrons. The van der Waals surface area contributed by atoms with Crippen LogP contribution in [0.4, 0.5) is 5.69 Å². The summed E-state index contributed by atoms with van der Waals surface area (Å²) in [6.07, 6.45) is 0. The van der Waals surface area contributed by atoms with Crippen LogP contribution in [0.2, 0.25) is 5.02 Å². The Morgan fingerprint density at radius 3 is 2.21 bits per heavy atom. The average molecular weight is 427 g/mol. The summed E-state index contributed by atoms with van der Waals surface area (Å²) >= 11 is 6.05. The lowest BCUT2D eigenvalue weighted by atomic mass is 10.3. The van der Waals surface area contributed by atoms with Crippen LogP contribution in [0.25, 0.3) is 0 Å². The standard InChI is InChI=1S/C19H23ClN2O5S/c1-5-22(28(24,25)16-10-11-18(27-4)17(20)12-16)13-19(23)21(2)14-6-8-15(26-3)9-7-14/h6-12H,5,13H2,1-4H3. The van der Waals surface area contributed by atoms with Gasteiger partial charge in [-0.25, -0.2) is 8.42 Å². The molecule has 0 aliphatic heterocycles. The molecule has 0 spiro atoms. The van der Waals surface area contributed by atoms with Crippen molar-refractivity contribution < 1.29 is 22.7 Å². The maximum Gasteiger partial charge on any atom is 0.243 e. The Morgan fingerprint density at radius 1 is 1.07 bits per heavy atom. The quantitative estimate of drug-likeness (QED) is 0.648. The van der Waals surface area contributed by atoms with Gasteiger partial charge in [0.1, 0.15) is 11.5 Å². The Bertz CT molecular complexity index is 932. The van der Waals surface area contributed by atoms with E-state index in [-0.39, 0.29) is 28.9 Å². The van der Waals surface area contributed by atoms with Gasteiger partial charge in [-0.05, 0) is 42.5 Å². The molecule has 0 aliphatic carbocycles. The van der Waals surface area contributed by atoms with Gasteiger partial charge in [-0.2, -0.15) is 4.31 Å². The monoisotopic (exact) mass is 426 g/mol. The van der Waals surface area contributed by atoms with Gasteiger partial charge in [0.2, 0.25) is 15.9 Å². The fourth-order valence-electron chi connectivity index (χ4n) is 2.53. The Hall–Kier alpha value is -2.29. The molecule has 7 nitrogen and oxygen atoms in total. The third-order valence-electron chi connectivity index (χ3n) is 4.26. The van der Waals surface area contributed by atoms with Crippen LogP contribution in [0.15, 0.2) is 47.4 Å². The van der Waals surface area contributed by atoms with Gasteiger partial charge in [-0.15, -0.1) is 0 Å². The number of halogens is 1. The minimum Gasteiger partial charge on any atom is -0.497 e. The second-order valence-corrected chi connectivity index (χ2v) is 8.22. The summed E-state index contributed by atoms with van der Waals surface area (Å²) in [5.74, 6) is 0.674. The molecule has 0 aliphatic rings. The molecule has 152 valence electrons. The van der Waals surface area contributed by atoms with E-state index < -0.39 is 10.0 Å². The summed E-state index contributed by atoms with van der Waals surface area (Å²) in [5.41, 5.74) is 0.631. The van der Waals surface area contributed by atoms with Gasteiger partial charge in [0.25, 0.3) is 0 Å². The van der Waals surface area contributed by atoms with Gasteiger partial charge in [-0.1, -0.05) is 18.5 Å². The van der Waals surface area contributed by atoms with Gasteiger partial charge >= 0.3 is 0 Å². The van der Waals surface area contributed by atoms with Crippen molar-refractivity contribution in [2.24, 2.45) is 0 Å². The number of hydrogen-bond donors (Lipinski definition) is 0. The van der Waals surface area contributed by atoms with E-state index in [1.165, 1.54) is 30.2 Å². The van der Waals surface area contributed by atoms with Crippen LogP contribution in [0.3, 0.4) is 0 Å². The van der Waals surface area contributed by atoms with E-state index in [9.17, 15) is 13.2 Å². The molecule has 0 atom stereocenters. The highest BCUT2D eigenvalue weighted by Gasteiger charge is 2.27. The van der Waals surface area contributed by atoms with Gasteiger partial charge in [0.15, 0.2) is 0 Å². The molecule has 0 saturated carbocycles. The zero-order valence-electron chi connectivity index (χ0n) is 16.2. The maximum absolute atomic E-state index is 12.9. The molecule has 0 fully saturated rings. The molecule has 0 unspecified atom stereocenters. The van der Waals surface area contributed by atoms with Gasteiger partial charge in [0, 0.05) is 19.3 Å². The highest BCUT2D eigenvalue weighted by atomic mass is 35.5. The molecular formula is C19H23ClN2O5S. The lowest BCUT2D eigenvalue weighted by molar-refractivity contribution is -0.118. The summed E-state index contributed by atoms with van der Waals surface area (Å²) in [6.45, 7) is 1.50. The van der Waals surface area contributed by atoms with Crippen LogP contribution in [-0.4, -0.2) is 53.0 Å². The number of carbonyl (C=O) groups excluding carboxylic acids is 1. The van der Waals surface area contributed by atoms with Crippen molar-refractivity contribution in [1.82, 2.24) is 4.31 Å². The third-order valence-corrected chi connectivity index (χ3v) is 6.47. The molecule has 0 N–H and O–H groups in total. The van der Waals surface area contributed by atoms with Crippen LogP contribution >= 0.6 is 11.6 Å². The number of anilines is 1. The Balaban J connectivity index is 2.21. The fraction of sp³-hybridized carbons (Fsp3) is 0.316. The van der Waals surface area contributed by atoms with Crippen molar-refractivity contribution in [3.8, 4) is 11.5 Å². The smallest absolute Gasteiger partial charge is 0.243 e. The zero-order valence-corrected chi connectivity index (χ0v) is 17.7. The number of amides is 1. The lowest BCUT2D eigenvalue weighted by Gasteiger charge is -2.24. The van der Waals surface area contributed by atoms with Gasteiger partial charge in [-0.3, -0.25) is 4.79 Å². The van der Waals surface area contributed by atoms with Crippen molar-refractivity contribution in [2.45, 2.75) is 11.8 Å². The molecule has 0 bridgehead atoms. The van der Waals surface area contributed by atoms with Crippen molar-refractivity contribution in [3.05, 3.63) is 47.5 Å². The number of carbonyl (C=O) groups is 1. The first kappa shape index (κ1) is 22.0. The van der Waals surface area contributed by atoms with Crippen molar-refractivity contribution in [1.29, 1.82) is 0 Å². The summed E-state index contributed by atoms with van der Waals surface area (Å²) < 4.78 is 37.1. The summed E-state index contributed by atoms with van der Waals surface area (Å²) in [7, 11) is 0.699. The Kier molecular flexibility index (Phi) is 7.29. The molecular weight excluding hydrogens is 404 g/mol. The number of methoxy groups -OCH3 is 2. The Labute approximate surface area is 170 Å². The second-order valence-electron chi connectivity index (χ2n) is 5.88.